The molecule has 0 aliphatic heterocycles. The van der Waals surface area contributed by atoms with E-state index < -0.39 is 0 Å². The average molecular weight is 316 g/mol. The fourth-order valence-corrected chi connectivity index (χ4v) is 2.41. The molecule has 18 heavy (non-hydrogen) atoms. The van der Waals surface area contributed by atoms with Crippen molar-refractivity contribution < 1.29 is 4.79 Å². The van der Waals surface area contributed by atoms with Crippen molar-refractivity contribution >= 4 is 21.8 Å². The lowest BCUT2D eigenvalue weighted by molar-refractivity contribution is 0.0943. The number of amides is 1. The van der Waals surface area contributed by atoms with E-state index >= 15 is 0 Å². The van der Waals surface area contributed by atoms with Gasteiger partial charge in [0.05, 0.1) is 0 Å². The van der Waals surface area contributed by atoms with Gasteiger partial charge in [0.15, 0.2) is 0 Å². The lowest BCUT2D eigenvalue weighted by Crippen LogP contribution is -2.30. The first-order chi connectivity index (χ1) is 8.58. The highest BCUT2D eigenvalue weighted by molar-refractivity contribution is 9.10. The molecule has 1 aromatic heterocycles. The Hall–Kier alpha value is -0.810. The van der Waals surface area contributed by atoms with Gasteiger partial charge >= 0.3 is 0 Å². The zero-order chi connectivity index (χ0) is 13.5. The lowest BCUT2D eigenvalue weighted by Gasteiger charge is -2.17. The second-order valence-electron chi connectivity index (χ2n) is 4.29. The Labute approximate surface area is 117 Å². The molecule has 1 amide bonds. The molecule has 0 spiro atoms. The molecule has 102 valence electrons. The van der Waals surface area contributed by atoms with E-state index in [1.807, 2.05) is 23.9 Å². The molecule has 5 heteroatoms. The van der Waals surface area contributed by atoms with Gasteiger partial charge in [0.25, 0.3) is 5.91 Å². The maximum Gasteiger partial charge on any atom is 0.267 e. The van der Waals surface area contributed by atoms with Crippen molar-refractivity contribution in [2.45, 2.75) is 20.3 Å². The van der Waals surface area contributed by atoms with Gasteiger partial charge in [-0.15, -0.1) is 0 Å². The van der Waals surface area contributed by atoms with Gasteiger partial charge in [0.1, 0.15) is 5.69 Å². The Kier molecular flexibility index (Phi) is 6.43. The molecule has 0 fully saturated rings. The van der Waals surface area contributed by atoms with Crippen molar-refractivity contribution in [2.75, 3.05) is 26.2 Å². The van der Waals surface area contributed by atoms with Gasteiger partial charge in [-0.2, -0.15) is 0 Å². The number of hydrogen-bond donors (Lipinski definition) is 1. The van der Waals surface area contributed by atoms with Crippen LogP contribution in [-0.4, -0.2) is 41.6 Å². The molecule has 0 bridgehead atoms. The summed E-state index contributed by atoms with van der Waals surface area (Å²) >= 11 is 3.36. The van der Waals surface area contributed by atoms with Gasteiger partial charge in [-0.3, -0.25) is 4.79 Å². The Morgan fingerprint density at radius 2 is 2.11 bits per heavy atom. The topological polar surface area (TPSA) is 37.3 Å². The van der Waals surface area contributed by atoms with E-state index in [-0.39, 0.29) is 5.91 Å². The number of carbonyl (C=O) groups excluding carboxylic acids is 1. The SMILES string of the molecule is CCN(CC)CCCNC(=O)c1cc(Br)cn1C. The molecule has 0 aromatic carbocycles. The summed E-state index contributed by atoms with van der Waals surface area (Å²) in [6.45, 7) is 8.19. The minimum atomic E-state index is -0.0113. The zero-order valence-electron chi connectivity index (χ0n) is 11.4. The summed E-state index contributed by atoms with van der Waals surface area (Å²) in [7, 11) is 1.87. The standard InChI is InChI=1S/C13H22BrN3O/c1-4-17(5-2)8-6-7-15-13(18)12-9-11(14)10-16(12)3/h9-10H,4-8H2,1-3H3,(H,15,18). The van der Waals surface area contributed by atoms with E-state index in [9.17, 15) is 4.79 Å². The van der Waals surface area contributed by atoms with Gasteiger partial charge in [-0.25, -0.2) is 0 Å². The summed E-state index contributed by atoms with van der Waals surface area (Å²) < 4.78 is 2.75. The van der Waals surface area contributed by atoms with Crippen LogP contribution in [0.1, 0.15) is 30.8 Å². The Morgan fingerprint density at radius 3 is 2.61 bits per heavy atom. The molecule has 0 aliphatic carbocycles. The number of nitrogens with zero attached hydrogens (tertiary/aromatic N) is 2. The Balaban J connectivity index is 2.32. The van der Waals surface area contributed by atoms with E-state index in [0.29, 0.717) is 5.69 Å². The van der Waals surface area contributed by atoms with Crippen molar-refractivity contribution in [3.63, 3.8) is 0 Å². The molecule has 1 heterocycles. The molecule has 0 atom stereocenters. The third-order valence-electron chi connectivity index (χ3n) is 3.04. The second-order valence-corrected chi connectivity index (χ2v) is 5.21. The second kappa shape index (κ2) is 7.59. The normalized spacial score (nSPS) is 10.9. The maximum absolute atomic E-state index is 11.9. The lowest BCUT2D eigenvalue weighted by atomic mass is 10.3. The number of nitrogens with one attached hydrogen (secondary N) is 1. The summed E-state index contributed by atoms with van der Waals surface area (Å²) in [4.78, 5) is 14.2. The van der Waals surface area contributed by atoms with Crippen LogP contribution in [0.3, 0.4) is 0 Å². The number of hydrogen-bond acceptors (Lipinski definition) is 2. The zero-order valence-corrected chi connectivity index (χ0v) is 13.0. The van der Waals surface area contributed by atoms with Crippen molar-refractivity contribution in [3.8, 4) is 0 Å². The van der Waals surface area contributed by atoms with Gasteiger partial charge in [0, 0.05) is 24.3 Å². The monoisotopic (exact) mass is 315 g/mol. The molecular weight excluding hydrogens is 294 g/mol. The molecule has 0 aliphatic rings. The Bertz CT molecular complexity index is 386. The highest BCUT2D eigenvalue weighted by Gasteiger charge is 2.10. The van der Waals surface area contributed by atoms with E-state index in [2.05, 4.69) is 40.0 Å². The van der Waals surface area contributed by atoms with E-state index in [1.54, 1.807) is 0 Å². The molecule has 0 saturated heterocycles. The third-order valence-corrected chi connectivity index (χ3v) is 3.47. The van der Waals surface area contributed by atoms with Crippen LogP contribution < -0.4 is 5.32 Å². The van der Waals surface area contributed by atoms with Crippen LogP contribution in [-0.2, 0) is 7.05 Å². The van der Waals surface area contributed by atoms with Crippen LogP contribution >= 0.6 is 15.9 Å². The first-order valence-corrected chi connectivity index (χ1v) is 7.20. The quantitative estimate of drug-likeness (QED) is 0.784. The van der Waals surface area contributed by atoms with Crippen LogP contribution in [0, 0.1) is 0 Å². The summed E-state index contributed by atoms with van der Waals surface area (Å²) in [5.74, 6) is -0.0113. The van der Waals surface area contributed by atoms with E-state index in [1.165, 1.54) is 0 Å². The van der Waals surface area contributed by atoms with E-state index in [0.717, 1.165) is 37.1 Å². The van der Waals surface area contributed by atoms with Crippen LogP contribution in [0.5, 0.6) is 0 Å². The van der Waals surface area contributed by atoms with Gasteiger partial charge < -0.3 is 14.8 Å². The average Bonchev–Trinajstić information content (AvgIpc) is 2.68. The minimum Gasteiger partial charge on any atom is -0.351 e. The fraction of sp³-hybridized carbons (Fsp3) is 0.615. The molecule has 0 unspecified atom stereocenters. The van der Waals surface area contributed by atoms with Crippen LogP contribution in [0.2, 0.25) is 0 Å². The maximum atomic E-state index is 11.9. The molecule has 1 N–H and O–H groups in total. The van der Waals surface area contributed by atoms with Crippen LogP contribution in [0.4, 0.5) is 0 Å². The molecule has 0 radical (unpaired) electrons. The van der Waals surface area contributed by atoms with Gasteiger partial charge in [-0.05, 0) is 48.1 Å². The predicted octanol–water partition coefficient (Wildman–Crippen LogP) is 2.25. The number of carbonyl (C=O) groups is 1. The molecule has 1 rings (SSSR count). The van der Waals surface area contributed by atoms with Crippen LogP contribution in [0.25, 0.3) is 0 Å². The van der Waals surface area contributed by atoms with Crippen LogP contribution in [0.15, 0.2) is 16.7 Å². The summed E-state index contributed by atoms with van der Waals surface area (Å²) in [6, 6.07) is 1.83. The number of aryl methyl sites for hydroxylation is 1. The first kappa shape index (κ1) is 15.2. The molecule has 4 nitrogen and oxygen atoms in total. The number of aromatic nitrogens is 1. The number of halogens is 1. The van der Waals surface area contributed by atoms with Gasteiger partial charge in [0.2, 0.25) is 0 Å². The summed E-state index contributed by atoms with van der Waals surface area (Å²) in [5.41, 5.74) is 0.685. The Morgan fingerprint density at radius 1 is 1.44 bits per heavy atom. The summed E-state index contributed by atoms with van der Waals surface area (Å²) in [5, 5.41) is 2.95. The molecular formula is C13H22BrN3O. The smallest absolute Gasteiger partial charge is 0.267 e. The van der Waals surface area contributed by atoms with Gasteiger partial charge in [-0.1, -0.05) is 13.8 Å². The number of rotatable bonds is 7. The fourth-order valence-electron chi connectivity index (χ4n) is 1.88. The molecule has 0 saturated carbocycles. The van der Waals surface area contributed by atoms with E-state index in [4.69, 9.17) is 0 Å². The first-order valence-electron chi connectivity index (χ1n) is 6.40. The third kappa shape index (κ3) is 4.46. The highest BCUT2D eigenvalue weighted by atomic mass is 79.9. The van der Waals surface area contributed by atoms with Crippen molar-refractivity contribution in [1.82, 2.24) is 14.8 Å². The van der Waals surface area contributed by atoms with Crippen molar-refractivity contribution in [2.24, 2.45) is 7.05 Å². The summed E-state index contributed by atoms with van der Waals surface area (Å²) in [6.07, 6.45) is 2.86. The molecule has 1 aromatic rings. The largest absolute Gasteiger partial charge is 0.351 e. The van der Waals surface area contributed by atoms with Crippen molar-refractivity contribution in [3.05, 3.63) is 22.4 Å². The minimum absolute atomic E-state index is 0.0113. The highest BCUT2D eigenvalue weighted by Crippen LogP contribution is 2.13. The predicted molar refractivity (Wildman–Crippen MR) is 77.9 cm³/mol. The van der Waals surface area contributed by atoms with Crippen molar-refractivity contribution in [1.29, 1.82) is 0 Å².